The highest BCUT2D eigenvalue weighted by Crippen LogP contribution is 2.25. The molecule has 0 bridgehead atoms. The van der Waals surface area contributed by atoms with Gasteiger partial charge in [-0.3, -0.25) is 14.2 Å². The first-order valence-electron chi connectivity index (χ1n) is 8.78. The smallest absolute Gasteiger partial charge is 0.338 e. The van der Waals surface area contributed by atoms with E-state index in [1.165, 1.54) is 17.1 Å². The number of rotatable bonds is 7. The van der Waals surface area contributed by atoms with Gasteiger partial charge in [-0.15, -0.1) is 0 Å². The fraction of sp³-hybridized carbons (Fsp3) is 0.263. The molecule has 152 valence electrons. The van der Waals surface area contributed by atoms with Crippen molar-refractivity contribution >= 4 is 40.8 Å². The number of nitrogens with one attached hydrogen (secondary N) is 1. The quantitative estimate of drug-likeness (QED) is 0.587. The van der Waals surface area contributed by atoms with Crippen molar-refractivity contribution in [1.29, 1.82) is 0 Å². The van der Waals surface area contributed by atoms with Gasteiger partial charge in [0.15, 0.2) is 0 Å². The van der Waals surface area contributed by atoms with Crippen LogP contribution in [-0.4, -0.2) is 36.5 Å². The van der Waals surface area contributed by atoms with Crippen LogP contribution in [0.3, 0.4) is 0 Å². The van der Waals surface area contributed by atoms with Crippen molar-refractivity contribution in [3.05, 3.63) is 63.2 Å². The summed E-state index contributed by atoms with van der Waals surface area (Å²) in [4.78, 5) is 23.2. The highest BCUT2D eigenvalue weighted by atomic mass is 35.5. The minimum absolute atomic E-state index is 0.0826. The number of aryl methyl sites for hydroxylation is 2. The number of amides is 1. The van der Waals surface area contributed by atoms with E-state index in [4.69, 9.17) is 28.3 Å². The van der Waals surface area contributed by atoms with E-state index in [1.54, 1.807) is 16.8 Å². The molecule has 0 aliphatic rings. The predicted octanol–water partition coefficient (Wildman–Crippen LogP) is 3.78. The van der Waals surface area contributed by atoms with Gasteiger partial charge >= 0.3 is 5.97 Å². The molecule has 3 aromatic rings. The molecule has 29 heavy (non-hydrogen) atoms. The van der Waals surface area contributed by atoms with Crippen molar-refractivity contribution in [2.24, 2.45) is 0 Å². The normalized spacial score (nSPS) is 10.9. The number of hydrogen-bond donors (Lipinski definition) is 2. The molecule has 2 heterocycles. The van der Waals surface area contributed by atoms with Crippen LogP contribution in [0.5, 0.6) is 0 Å². The van der Waals surface area contributed by atoms with Crippen LogP contribution in [0.2, 0.25) is 10.0 Å². The van der Waals surface area contributed by atoms with Crippen LogP contribution in [0.1, 0.15) is 33.7 Å². The zero-order chi connectivity index (χ0) is 21.1. The van der Waals surface area contributed by atoms with E-state index >= 15 is 0 Å². The summed E-state index contributed by atoms with van der Waals surface area (Å²) in [5.74, 6) is -1.27. The topological polar surface area (TPSA) is 102 Å². The first-order valence-corrected chi connectivity index (χ1v) is 9.53. The lowest BCUT2D eigenvalue weighted by molar-refractivity contribution is -0.116. The maximum atomic E-state index is 12.3. The number of anilines is 1. The molecule has 0 aliphatic heterocycles. The van der Waals surface area contributed by atoms with Crippen LogP contribution in [-0.2, 0) is 17.9 Å². The second-order valence-corrected chi connectivity index (χ2v) is 7.38. The third kappa shape index (κ3) is 4.96. The van der Waals surface area contributed by atoms with Crippen molar-refractivity contribution in [2.45, 2.75) is 33.4 Å². The number of carboxylic acid groups (broad SMARTS) is 1. The molecular formula is C19H19Cl2N5O3. The largest absolute Gasteiger partial charge is 0.478 e. The van der Waals surface area contributed by atoms with Crippen molar-refractivity contribution in [2.75, 3.05) is 5.32 Å². The van der Waals surface area contributed by atoms with E-state index in [1.807, 2.05) is 19.9 Å². The first-order chi connectivity index (χ1) is 13.7. The number of carboxylic acids is 1. The summed E-state index contributed by atoms with van der Waals surface area (Å²) in [6.07, 6.45) is 2.79. The molecule has 0 spiro atoms. The molecule has 0 radical (unpaired) electrons. The minimum atomic E-state index is -1.06. The average Bonchev–Trinajstić information content (AvgIpc) is 3.23. The van der Waals surface area contributed by atoms with Crippen molar-refractivity contribution in [1.82, 2.24) is 19.6 Å². The molecule has 0 unspecified atom stereocenters. The second kappa shape index (κ2) is 8.67. The van der Waals surface area contributed by atoms with Gasteiger partial charge in [-0.05, 0) is 31.5 Å². The molecule has 0 atom stereocenters. The molecule has 0 saturated carbocycles. The van der Waals surface area contributed by atoms with Crippen LogP contribution in [0.25, 0.3) is 0 Å². The number of aromatic carboxylic acids is 1. The number of benzene rings is 1. The van der Waals surface area contributed by atoms with Gasteiger partial charge in [0.2, 0.25) is 5.91 Å². The minimum Gasteiger partial charge on any atom is -0.478 e. The van der Waals surface area contributed by atoms with E-state index in [9.17, 15) is 9.59 Å². The summed E-state index contributed by atoms with van der Waals surface area (Å²) in [5, 5.41) is 21.3. The van der Waals surface area contributed by atoms with E-state index in [0.717, 1.165) is 11.3 Å². The molecular weight excluding hydrogens is 417 g/mol. The molecule has 1 aromatic carbocycles. The van der Waals surface area contributed by atoms with Gasteiger partial charge in [0.05, 0.1) is 35.4 Å². The Kier molecular flexibility index (Phi) is 6.24. The zero-order valence-corrected chi connectivity index (χ0v) is 17.3. The number of nitrogens with zero attached hydrogens (tertiary/aromatic N) is 4. The molecule has 0 saturated heterocycles. The number of hydrogen-bond acceptors (Lipinski definition) is 4. The standard InChI is InChI=1S/C19H19Cl2N5O3/c1-11-18(23-17(27)5-6-25-9-14(8-22-25)19(28)29)12(2)26(24-11)10-13-3-4-15(20)7-16(13)21/h3-4,7-9H,5-6,10H2,1-2H3,(H,23,27)(H,28,29). The van der Waals surface area contributed by atoms with Gasteiger partial charge in [-0.2, -0.15) is 10.2 Å². The highest BCUT2D eigenvalue weighted by Gasteiger charge is 2.16. The molecule has 10 heteroatoms. The van der Waals surface area contributed by atoms with Gasteiger partial charge in [-0.25, -0.2) is 4.79 Å². The molecule has 1 amide bonds. The van der Waals surface area contributed by atoms with Crippen molar-refractivity contribution in [3.63, 3.8) is 0 Å². The lowest BCUT2D eigenvalue weighted by atomic mass is 10.2. The maximum absolute atomic E-state index is 12.3. The predicted molar refractivity (Wildman–Crippen MR) is 110 cm³/mol. The second-order valence-electron chi connectivity index (χ2n) is 6.53. The summed E-state index contributed by atoms with van der Waals surface area (Å²) in [6.45, 7) is 4.40. The van der Waals surface area contributed by atoms with Crippen molar-refractivity contribution < 1.29 is 14.7 Å². The van der Waals surface area contributed by atoms with E-state index in [2.05, 4.69) is 15.5 Å². The van der Waals surface area contributed by atoms with E-state index < -0.39 is 5.97 Å². The Morgan fingerprint density at radius 3 is 2.66 bits per heavy atom. The maximum Gasteiger partial charge on any atom is 0.338 e. The van der Waals surface area contributed by atoms with Gasteiger partial charge in [-0.1, -0.05) is 29.3 Å². The lowest BCUT2D eigenvalue weighted by Gasteiger charge is -2.09. The number of carbonyl (C=O) groups is 2. The Morgan fingerprint density at radius 1 is 1.24 bits per heavy atom. The first kappa shape index (κ1) is 20.9. The Hall–Kier alpha value is -2.84. The van der Waals surface area contributed by atoms with Gasteiger partial charge in [0.25, 0.3) is 0 Å². The van der Waals surface area contributed by atoms with Crippen LogP contribution < -0.4 is 5.32 Å². The van der Waals surface area contributed by atoms with Gasteiger partial charge in [0.1, 0.15) is 0 Å². The molecule has 8 nitrogen and oxygen atoms in total. The van der Waals surface area contributed by atoms with Crippen LogP contribution >= 0.6 is 23.2 Å². The molecule has 3 rings (SSSR count). The summed E-state index contributed by atoms with van der Waals surface area (Å²) in [6, 6.07) is 5.29. The monoisotopic (exact) mass is 435 g/mol. The Morgan fingerprint density at radius 2 is 2.00 bits per heavy atom. The zero-order valence-electron chi connectivity index (χ0n) is 15.8. The van der Waals surface area contributed by atoms with E-state index in [0.29, 0.717) is 28.0 Å². The summed E-state index contributed by atoms with van der Waals surface area (Å²) in [7, 11) is 0. The number of halogens is 2. The van der Waals surface area contributed by atoms with Crippen molar-refractivity contribution in [3.8, 4) is 0 Å². The summed E-state index contributed by atoms with van der Waals surface area (Å²) in [5.41, 5.74) is 3.08. The van der Waals surface area contributed by atoms with E-state index in [-0.39, 0.29) is 24.4 Å². The summed E-state index contributed by atoms with van der Waals surface area (Å²) >= 11 is 12.2. The van der Waals surface area contributed by atoms with Crippen LogP contribution in [0.15, 0.2) is 30.6 Å². The summed E-state index contributed by atoms with van der Waals surface area (Å²) < 4.78 is 3.20. The lowest BCUT2D eigenvalue weighted by Crippen LogP contribution is -2.16. The Balaban J connectivity index is 1.66. The fourth-order valence-electron chi connectivity index (χ4n) is 2.86. The highest BCUT2D eigenvalue weighted by molar-refractivity contribution is 6.35. The van der Waals surface area contributed by atoms with Crippen LogP contribution in [0.4, 0.5) is 5.69 Å². The number of carbonyl (C=O) groups excluding carboxylic acids is 1. The van der Waals surface area contributed by atoms with Crippen LogP contribution in [0, 0.1) is 13.8 Å². The molecule has 0 fully saturated rings. The molecule has 0 aliphatic carbocycles. The Bertz CT molecular complexity index is 1070. The Labute approximate surface area is 177 Å². The fourth-order valence-corrected chi connectivity index (χ4v) is 3.33. The van der Waals surface area contributed by atoms with Gasteiger partial charge in [0, 0.05) is 29.2 Å². The third-order valence-electron chi connectivity index (χ3n) is 4.43. The van der Waals surface area contributed by atoms with Gasteiger partial charge < -0.3 is 10.4 Å². The average molecular weight is 436 g/mol. The number of aromatic nitrogens is 4. The SMILES string of the molecule is Cc1nn(Cc2ccc(Cl)cc2Cl)c(C)c1NC(=O)CCn1cc(C(=O)O)cn1. The molecule has 2 aromatic heterocycles. The molecule has 2 N–H and O–H groups in total. The third-order valence-corrected chi connectivity index (χ3v) is 5.02.